The maximum absolute atomic E-state index is 10.6. The van der Waals surface area contributed by atoms with Gasteiger partial charge in [-0.2, -0.15) is 0 Å². The Balaban J connectivity index is 2.45. The minimum atomic E-state index is -0.0790. The van der Waals surface area contributed by atoms with Crippen molar-refractivity contribution < 1.29 is 0 Å². The molecule has 4 heteroatoms. The summed E-state index contributed by atoms with van der Waals surface area (Å²) in [5.41, 5.74) is 6.39. The largest absolute Gasteiger partial charge is 0.328 e. The first-order valence-corrected chi connectivity index (χ1v) is 3.70. The van der Waals surface area contributed by atoms with Gasteiger partial charge in [-0.3, -0.25) is 9.89 Å². The van der Waals surface area contributed by atoms with Gasteiger partial charge in [0.2, 0.25) is 0 Å². The molecule has 0 fully saturated rings. The minimum absolute atomic E-state index is 0.0790. The van der Waals surface area contributed by atoms with Gasteiger partial charge in [0.05, 0.1) is 0 Å². The van der Waals surface area contributed by atoms with Crippen LogP contribution in [-0.4, -0.2) is 16.2 Å². The predicted octanol–water partition coefficient (Wildman–Crippen LogP) is -0.0172. The van der Waals surface area contributed by atoms with E-state index in [1.807, 2.05) is 6.92 Å². The van der Waals surface area contributed by atoms with Crippen LogP contribution < -0.4 is 11.3 Å². The van der Waals surface area contributed by atoms with Crippen molar-refractivity contribution >= 4 is 0 Å². The number of hydrogen-bond acceptors (Lipinski definition) is 2. The van der Waals surface area contributed by atoms with Crippen molar-refractivity contribution in [3.05, 3.63) is 22.1 Å². The Kier molecular flexibility index (Phi) is 2.48. The minimum Gasteiger partial charge on any atom is -0.328 e. The molecule has 62 valence electrons. The topological polar surface area (TPSA) is 74.7 Å². The third kappa shape index (κ3) is 2.59. The van der Waals surface area contributed by atoms with Crippen molar-refractivity contribution in [2.24, 2.45) is 5.73 Å². The van der Waals surface area contributed by atoms with E-state index in [-0.39, 0.29) is 11.6 Å². The summed E-state index contributed by atoms with van der Waals surface area (Å²) in [7, 11) is 0. The Morgan fingerprint density at radius 1 is 1.64 bits per heavy atom. The van der Waals surface area contributed by atoms with E-state index in [1.54, 1.807) is 6.07 Å². The lowest BCUT2D eigenvalue weighted by Crippen LogP contribution is -2.15. The van der Waals surface area contributed by atoms with Crippen LogP contribution in [0.4, 0.5) is 0 Å². The van der Waals surface area contributed by atoms with Crippen molar-refractivity contribution in [3.63, 3.8) is 0 Å². The Morgan fingerprint density at radius 2 is 2.36 bits per heavy atom. The highest BCUT2D eigenvalue weighted by molar-refractivity contribution is 4.98. The summed E-state index contributed by atoms with van der Waals surface area (Å²) in [5.74, 6) is 0. The molecular formula is C7H13N3O. The molecule has 4 N–H and O–H groups in total. The van der Waals surface area contributed by atoms with Gasteiger partial charge in [0.1, 0.15) is 0 Å². The van der Waals surface area contributed by atoms with E-state index in [4.69, 9.17) is 5.73 Å². The van der Waals surface area contributed by atoms with Gasteiger partial charge < -0.3 is 10.8 Å². The van der Waals surface area contributed by atoms with Crippen LogP contribution in [0.15, 0.2) is 10.9 Å². The highest BCUT2D eigenvalue weighted by atomic mass is 16.1. The van der Waals surface area contributed by atoms with E-state index in [9.17, 15) is 4.79 Å². The Hall–Kier alpha value is -1.03. The van der Waals surface area contributed by atoms with Gasteiger partial charge in [-0.1, -0.05) is 0 Å². The Labute approximate surface area is 64.8 Å². The average molecular weight is 155 g/mol. The van der Waals surface area contributed by atoms with Gasteiger partial charge in [0.25, 0.3) is 5.56 Å². The monoisotopic (exact) mass is 155 g/mol. The SMILES string of the molecule is CC(N)CCc1cc(=O)[nH][nH]1. The molecule has 1 unspecified atom stereocenters. The lowest BCUT2D eigenvalue weighted by atomic mass is 10.1. The number of aromatic nitrogens is 2. The van der Waals surface area contributed by atoms with E-state index >= 15 is 0 Å². The lowest BCUT2D eigenvalue weighted by Gasteiger charge is -2.00. The van der Waals surface area contributed by atoms with E-state index in [0.717, 1.165) is 18.5 Å². The molecular weight excluding hydrogens is 142 g/mol. The van der Waals surface area contributed by atoms with Gasteiger partial charge in [-0.05, 0) is 19.8 Å². The molecule has 4 nitrogen and oxygen atoms in total. The summed E-state index contributed by atoms with van der Waals surface area (Å²) in [6.45, 7) is 1.95. The van der Waals surface area contributed by atoms with Crippen LogP contribution in [0.3, 0.4) is 0 Å². The van der Waals surface area contributed by atoms with Gasteiger partial charge >= 0.3 is 0 Å². The highest BCUT2D eigenvalue weighted by Crippen LogP contribution is 1.96. The van der Waals surface area contributed by atoms with Gasteiger partial charge in [0, 0.05) is 17.8 Å². The molecule has 1 atom stereocenters. The van der Waals surface area contributed by atoms with Crippen molar-refractivity contribution in [2.45, 2.75) is 25.8 Å². The van der Waals surface area contributed by atoms with Crippen LogP contribution in [0, 0.1) is 0 Å². The quantitative estimate of drug-likeness (QED) is 0.574. The van der Waals surface area contributed by atoms with Crippen molar-refractivity contribution in [1.29, 1.82) is 0 Å². The summed E-state index contributed by atoms with van der Waals surface area (Å²) >= 11 is 0. The molecule has 1 rings (SSSR count). The van der Waals surface area contributed by atoms with Crippen LogP contribution >= 0.6 is 0 Å². The standard InChI is InChI=1S/C7H13N3O/c1-5(8)2-3-6-4-7(11)10-9-6/h4-5H,2-3,8H2,1H3,(H2,9,10,11). The fraction of sp³-hybridized carbons (Fsp3) is 0.571. The van der Waals surface area contributed by atoms with Crippen molar-refractivity contribution in [1.82, 2.24) is 10.2 Å². The fourth-order valence-electron chi connectivity index (χ4n) is 0.890. The van der Waals surface area contributed by atoms with Crippen LogP contribution in [0.5, 0.6) is 0 Å². The lowest BCUT2D eigenvalue weighted by molar-refractivity contribution is 0.657. The molecule has 0 aliphatic rings. The first kappa shape index (κ1) is 8.07. The average Bonchev–Trinajstić information content (AvgIpc) is 2.31. The first-order chi connectivity index (χ1) is 5.18. The normalized spacial score (nSPS) is 13.3. The fourth-order valence-corrected chi connectivity index (χ4v) is 0.890. The van der Waals surface area contributed by atoms with Gasteiger partial charge in [0.15, 0.2) is 0 Å². The first-order valence-electron chi connectivity index (χ1n) is 3.70. The summed E-state index contributed by atoms with van der Waals surface area (Å²) in [5, 5.41) is 5.24. The number of H-pyrrole nitrogens is 2. The van der Waals surface area contributed by atoms with Crippen LogP contribution in [0.2, 0.25) is 0 Å². The number of aryl methyl sites for hydroxylation is 1. The molecule has 11 heavy (non-hydrogen) atoms. The van der Waals surface area contributed by atoms with Gasteiger partial charge in [-0.15, -0.1) is 0 Å². The highest BCUT2D eigenvalue weighted by Gasteiger charge is 1.98. The summed E-state index contributed by atoms with van der Waals surface area (Å²) in [6.07, 6.45) is 1.73. The van der Waals surface area contributed by atoms with Gasteiger partial charge in [-0.25, -0.2) is 0 Å². The number of rotatable bonds is 3. The molecule has 0 amide bonds. The number of hydrogen-bond donors (Lipinski definition) is 3. The zero-order valence-electron chi connectivity index (χ0n) is 6.55. The number of aromatic amines is 2. The molecule has 1 aromatic rings. The Morgan fingerprint density at radius 3 is 2.82 bits per heavy atom. The number of nitrogens with one attached hydrogen (secondary N) is 2. The van der Waals surface area contributed by atoms with Crippen LogP contribution in [0.25, 0.3) is 0 Å². The van der Waals surface area contributed by atoms with Crippen molar-refractivity contribution in [2.75, 3.05) is 0 Å². The zero-order valence-corrected chi connectivity index (χ0v) is 6.55. The zero-order chi connectivity index (χ0) is 8.27. The molecule has 0 radical (unpaired) electrons. The maximum atomic E-state index is 10.6. The molecule has 1 aromatic heterocycles. The third-order valence-corrected chi connectivity index (χ3v) is 1.52. The smallest absolute Gasteiger partial charge is 0.264 e. The maximum Gasteiger partial charge on any atom is 0.264 e. The summed E-state index contributed by atoms with van der Waals surface area (Å²) in [6, 6.07) is 1.75. The molecule has 0 saturated carbocycles. The molecule has 0 saturated heterocycles. The molecule has 0 bridgehead atoms. The molecule has 0 aromatic carbocycles. The molecule has 1 heterocycles. The molecule has 0 spiro atoms. The van der Waals surface area contributed by atoms with E-state index in [0.29, 0.717) is 0 Å². The second kappa shape index (κ2) is 3.39. The van der Waals surface area contributed by atoms with Crippen LogP contribution in [0.1, 0.15) is 19.0 Å². The molecule has 0 aliphatic heterocycles. The summed E-state index contributed by atoms with van der Waals surface area (Å²) in [4.78, 5) is 10.6. The Bertz CT molecular complexity index is 261. The molecule has 0 aliphatic carbocycles. The van der Waals surface area contributed by atoms with Crippen LogP contribution in [-0.2, 0) is 6.42 Å². The van der Waals surface area contributed by atoms with E-state index in [1.165, 1.54) is 0 Å². The van der Waals surface area contributed by atoms with Crippen molar-refractivity contribution in [3.8, 4) is 0 Å². The second-order valence-corrected chi connectivity index (χ2v) is 2.80. The second-order valence-electron chi connectivity index (χ2n) is 2.80. The third-order valence-electron chi connectivity index (χ3n) is 1.52. The predicted molar refractivity (Wildman–Crippen MR) is 43.4 cm³/mol. The van der Waals surface area contributed by atoms with E-state index < -0.39 is 0 Å². The van der Waals surface area contributed by atoms with E-state index in [2.05, 4.69) is 10.2 Å². The summed E-state index contributed by atoms with van der Waals surface area (Å²) < 4.78 is 0. The number of nitrogens with two attached hydrogens (primary N) is 1.